The summed E-state index contributed by atoms with van der Waals surface area (Å²) < 4.78 is 40.1. The fourth-order valence-electron chi connectivity index (χ4n) is 2.74. The number of rotatable bonds is 8. The molecule has 0 saturated heterocycles. The van der Waals surface area contributed by atoms with Crippen LogP contribution in [0.4, 0.5) is 4.39 Å². The molecule has 28 heavy (non-hydrogen) atoms. The van der Waals surface area contributed by atoms with Gasteiger partial charge in [-0.15, -0.1) is 0 Å². The maximum atomic E-state index is 13.0. The largest absolute Gasteiger partial charge is 0.354 e. The summed E-state index contributed by atoms with van der Waals surface area (Å²) >= 11 is 0. The maximum absolute atomic E-state index is 13.0. The van der Waals surface area contributed by atoms with Crippen molar-refractivity contribution in [2.45, 2.75) is 30.7 Å². The number of nitrogens with one attached hydrogen (secondary N) is 3. The van der Waals surface area contributed by atoms with Crippen molar-refractivity contribution in [2.75, 3.05) is 6.54 Å². The zero-order valence-electron chi connectivity index (χ0n) is 15.3. The highest BCUT2D eigenvalue weighted by molar-refractivity contribution is 7.89. The lowest BCUT2D eigenvalue weighted by Crippen LogP contribution is -2.46. The van der Waals surface area contributed by atoms with Gasteiger partial charge in [0.2, 0.25) is 15.9 Å². The van der Waals surface area contributed by atoms with Crippen molar-refractivity contribution in [3.05, 3.63) is 60.2 Å². The second-order valence-corrected chi connectivity index (χ2v) is 7.99. The number of para-hydroxylation sites is 2. The molecule has 1 heterocycles. The van der Waals surface area contributed by atoms with Crippen LogP contribution in [-0.2, 0) is 21.2 Å². The molecule has 2 aromatic carbocycles. The number of aromatic amines is 1. The van der Waals surface area contributed by atoms with E-state index < -0.39 is 27.8 Å². The van der Waals surface area contributed by atoms with Crippen LogP contribution in [0.2, 0.25) is 0 Å². The second-order valence-electron chi connectivity index (χ2n) is 6.28. The Morgan fingerprint density at radius 3 is 2.57 bits per heavy atom. The van der Waals surface area contributed by atoms with Crippen LogP contribution in [-0.4, -0.2) is 36.9 Å². The summed E-state index contributed by atoms with van der Waals surface area (Å²) in [5, 5.41) is 2.72. The summed E-state index contributed by atoms with van der Waals surface area (Å²) in [4.78, 5) is 19.9. The highest BCUT2D eigenvalue weighted by Gasteiger charge is 2.24. The summed E-state index contributed by atoms with van der Waals surface area (Å²) in [6, 6.07) is 11.1. The van der Waals surface area contributed by atoms with Gasteiger partial charge in [0, 0.05) is 13.0 Å². The quantitative estimate of drug-likeness (QED) is 0.535. The summed E-state index contributed by atoms with van der Waals surface area (Å²) in [5.41, 5.74) is 1.77. The third-order valence-electron chi connectivity index (χ3n) is 4.25. The number of aromatic nitrogens is 2. The lowest BCUT2D eigenvalue weighted by Gasteiger charge is -2.17. The van der Waals surface area contributed by atoms with Crippen molar-refractivity contribution in [1.82, 2.24) is 20.0 Å². The third kappa shape index (κ3) is 4.73. The number of benzene rings is 2. The van der Waals surface area contributed by atoms with Gasteiger partial charge in [-0.3, -0.25) is 4.79 Å². The number of carbonyl (C=O) groups is 1. The first-order valence-electron chi connectivity index (χ1n) is 8.88. The number of hydrogen-bond acceptors (Lipinski definition) is 4. The standard InChI is InChI=1S/C19H21FN4O3S/c1-2-15(24-28(26,27)14-9-7-13(20)8-10-14)19(25)21-12-11-18-22-16-5-3-4-6-17(16)23-18/h3-10,15,24H,2,11-12H2,1H3,(H,21,25)(H,22,23). The van der Waals surface area contributed by atoms with Crippen molar-refractivity contribution in [1.29, 1.82) is 0 Å². The Morgan fingerprint density at radius 1 is 1.18 bits per heavy atom. The van der Waals surface area contributed by atoms with Gasteiger partial charge in [0.15, 0.2) is 0 Å². The van der Waals surface area contributed by atoms with Gasteiger partial charge in [-0.05, 0) is 42.8 Å². The zero-order chi connectivity index (χ0) is 20.1. The molecule has 0 aliphatic carbocycles. The van der Waals surface area contributed by atoms with Crippen LogP contribution in [0.15, 0.2) is 53.4 Å². The first-order chi connectivity index (χ1) is 13.4. The van der Waals surface area contributed by atoms with Crippen molar-refractivity contribution in [2.24, 2.45) is 0 Å². The fourth-order valence-corrected chi connectivity index (χ4v) is 4.02. The van der Waals surface area contributed by atoms with Crippen LogP contribution in [0.25, 0.3) is 11.0 Å². The Morgan fingerprint density at radius 2 is 1.89 bits per heavy atom. The van der Waals surface area contributed by atoms with Crippen molar-refractivity contribution in [3.63, 3.8) is 0 Å². The zero-order valence-corrected chi connectivity index (χ0v) is 16.1. The van der Waals surface area contributed by atoms with Crippen LogP contribution < -0.4 is 10.0 Å². The fraction of sp³-hybridized carbons (Fsp3) is 0.263. The van der Waals surface area contributed by atoms with E-state index in [0.717, 1.165) is 41.1 Å². The van der Waals surface area contributed by atoms with Crippen molar-refractivity contribution < 1.29 is 17.6 Å². The molecule has 9 heteroatoms. The van der Waals surface area contributed by atoms with Gasteiger partial charge in [0.1, 0.15) is 17.7 Å². The van der Waals surface area contributed by atoms with E-state index in [9.17, 15) is 17.6 Å². The molecule has 0 fully saturated rings. The highest BCUT2D eigenvalue weighted by atomic mass is 32.2. The summed E-state index contributed by atoms with van der Waals surface area (Å²) in [7, 11) is -3.92. The van der Waals surface area contributed by atoms with E-state index in [0.29, 0.717) is 13.0 Å². The minimum atomic E-state index is -3.92. The molecule has 7 nitrogen and oxygen atoms in total. The van der Waals surface area contributed by atoms with E-state index in [1.165, 1.54) is 0 Å². The van der Waals surface area contributed by atoms with Gasteiger partial charge in [-0.2, -0.15) is 4.72 Å². The lowest BCUT2D eigenvalue weighted by molar-refractivity contribution is -0.122. The molecule has 148 valence electrons. The van der Waals surface area contributed by atoms with E-state index >= 15 is 0 Å². The number of fused-ring (bicyclic) bond motifs is 1. The number of carbonyl (C=O) groups excluding carboxylic acids is 1. The predicted octanol–water partition coefficient (Wildman–Crippen LogP) is 2.12. The molecule has 0 saturated carbocycles. The Bertz CT molecular complexity index is 1030. The maximum Gasteiger partial charge on any atom is 0.241 e. The summed E-state index contributed by atoms with van der Waals surface area (Å²) in [6.45, 7) is 2.02. The minimum absolute atomic E-state index is 0.0950. The average molecular weight is 404 g/mol. The minimum Gasteiger partial charge on any atom is -0.354 e. The van der Waals surface area contributed by atoms with E-state index in [4.69, 9.17) is 0 Å². The van der Waals surface area contributed by atoms with Crippen molar-refractivity contribution >= 4 is 27.0 Å². The van der Waals surface area contributed by atoms with Crippen LogP contribution in [0.5, 0.6) is 0 Å². The Balaban J connectivity index is 1.57. The smallest absolute Gasteiger partial charge is 0.241 e. The van der Waals surface area contributed by atoms with Crippen LogP contribution in [0.1, 0.15) is 19.2 Å². The first-order valence-corrected chi connectivity index (χ1v) is 10.4. The number of sulfonamides is 1. The molecule has 0 aliphatic rings. The summed E-state index contributed by atoms with van der Waals surface area (Å²) in [5.74, 6) is -0.222. The average Bonchev–Trinajstić information content (AvgIpc) is 3.09. The van der Waals surface area contributed by atoms with Gasteiger partial charge in [0.25, 0.3) is 0 Å². The first kappa shape index (κ1) is 20.0. The Hall–Kier alpha value is -2.78. The molecule has 1 aromatic heterocycles. The van der Waals surface area contributed by atoms with Gasteiger partial charge in [-0.1, -0.05) is 19.1 Å². The SMILES string of the molecule is CCC(NS(=O)(=O)c1ccc(F)cc1)C(=O)NCCc1nc2ccccc2[nH]1. The summed E-state index contributed by atoms with van der Waals surface area (Å²) in [6.07, 6.45) is 0.762. The number of H-pyrrole nitrogens is 1. The van der Waals surface area contributed by atoms with Crippen LogP contribution in [0.3, 0.4) is 0 Å². The van der Waals surface area contributed by atoms with E-state index in [1.807, 2.05) is 24.3 Å². The molecule has 3 N–H and O–H groups in total. The molecule has 1 amide bonds. The molecular formula is C19H21FN4O3S. The van der Waals surface area contributed by atoms with Crippen LogP contribution in [0, 0.1) is 5.82 Å². The molecule has 0 bridgehead atoms. The topological polar surface area (TPSA) is 104 Å². The predicted molar refractivity (Wildman–Crippen MR) is 104 cm³/mol. The molecule has 0 aliphatic heterocycles. The molecular weight excluding hydrogens is 383 g/mol. The molecule has 0 radical (unpaired) electrons. The van der Waals surface area contributed by atoms with E-state index in [1.54, 1.807) is 6.92 Å². The van der Waals surface area contributed by atoms with Gasteiger partial charge in [-0.25, -0.2) is 17.8 Å². The van der Waals surface area contributed by atoms with E-state index in [2.05, 4.69) is 20.0 Å². The number of amides is 1. The number of nitrogens with zero attached hydrogens (tertiary/aromatic N) is 1. The third-order valence-corrected chi connectivity index (χ3v) is 5.73. The number of imidazole rings is 1. The monoisotopic (exact) mass is 404 g/mol. The van der Waals surface area contributed by atoms with Gasteiger partial charge >= 0.3 is 0 Å². The van der Waals surface area contributed by atoms with Gasteiger partial charge < -0.3 is 10.3 Å². The Labute approximate surface area is 162 Å². The molecule has 3 rings (SSSR count). The molecule has 1 atom stereocenters. The second kappa shape index (κ2) is 8.49. The molecule has 3 aromatic rings. The van der Waals surface area contributed by atoms with Gasteiger partial charge in [0.05, 0.1) is 15.9 Å². The number of hydrogen-bond donors (Lipinski definition) is 3. The lowest BCUT2D eigenvalue weighted by atomic mass is 10.2. The molecule has 0 spiro atoms. The van der Waals surface area contributed by atoms with Crippen LogP contribution >= 0.6 is 0 Å². The van der Waals surface area contributed by atoms with Crippen molar-refractivity contribution in [3.8, 4) is 0 Å². The molecule has 1 unspecified atom stereocenters. The van der Waals surface area contributed by atoms with E-state index in [-0.39, 0.29) is 11.3 Å². The normalized spacial score (nSPS) is 12.8. The highest BCUT2D eigenvalue weighted by Crippen LogP contribution is 2.12. The number of halogens is 1. The Kier molecular flexibility index (Phi) is 6.05.